The molecule has 0 saturated carbocycles. The van der Waals surface area contributed by atoms with Crippen molar-refractivity contribution < 1.29 is 18.4 Å². The van der Waals surface area contributed by atoms with Gasteiger partial charge in [0.25, 0.3) is 6.01 Å². The molecule has 8 heteroatoms. The molecule has 2 aromatic heterocycles. The highest BCUT2D eigenvalue weighted by Gasteiger charge is 2.17. The van der Waals surface area contributed by atoms with Crippen molar-refractivity contribution >= 4 is 18.1 Å². The summed E-state index contributed by atoms with van der Waals surface area (Å²) < 4.78 is 14.6. The minimum absolute atomic E-state index is 0.150. The van der Waals surface area contributed by atoms with Gasteiger partial charge in [-0.3, -0.25) is 0 Å². The van der Waals surface area contributed by atoms with E-state index in [1.54, 1.807) is 27.7 Å². The lowest BCUT2D eigenvalue weighted by molar-refractivity contribution is 0.0632. The highest BCUT2D eigenvalue weighted by molar-refractivity contribution is 5.82. The van der Waals surface area contributed by atoms with Crippen LogP contribution >= 0.6 is 0 Å². The number of anilines is 2. The molecule has 3 N–H and O–H groups in total. The van der Waals surface area contributed by atoms with Crippen LogP contribution in [0.1, 0.15) is 32.2 Å². The van der Waals surface area contributed by atoms with Crippen molar-refractivity contribution in [2.24, 2.45) is 0 Å². The summed E-state index contributed by atoms with van der Waals surface area (Å²) in [7, 11) is 0. The van der Waals surface area contributed by atoms with Crippen molar-refractivity contribution in [3.8, 4) is 0 Å². The quantitative estimate of drug-likeness (QED) is 0.830. The summed E-state index contributed by atoms with van der Waals surface area (Å²) in [5.41, 5.74) is 6.10. The predicted molar refractivity (Wildman–Crippen MR) is 76.7 cm³/mol. The SMILES string of the molecule is Cc1coc(N)n1.Cc1coc(NC(=O)OC(C)(C)C)n1. The van der Waals surface area contributed by atoms with Gasteiger partial charge in [-0.2, -0.15) is 9.97 Å². The standard InChI is InChI=1S/C9H14N2O3.C4H6N2O/c1-6-5-13-7(10-6)11-8(12)14-9(2,3)4;1-3-2-7-4(5)6-3/h5H,1-4H3,(H,10,11,12);2H,1H3,(H2,5,6). The number of carbonyl (C=O) groups is 1. The van der Waals surface area contributed by atoms with E-state index >= 15 is 0 Å². The minimum Gasteiger partial charge on any atom is -0.443 e. The lowest BCUT2D eigenvalue weighted by Gasteiger charge is -2.18. The maximum Gasteiger partial charge on any atom is 0.415 e. The predicted octanol–water partition coefficient (Wildman–Crippen LogP) is 2.90. The Kier molecular flexibility index (Phi) is 5.34. The number of carbonyl (C=O) groups excluding carboxylic acids is 1. The van der Waals surface area contributed by atoms with E-state index in [1.165, 1.54) is 12.5 Å². The van der Waals surface area contributed by atoms with Gasteiger partial charge in [-0.1, -0.05) is 0 Å². The van der Waals surface area contributed by atoms with Crippen molar-refractivity contribution in [1.29, 1.82) is 0 Å². The monoisotopic (exact) mass is 296 g/mol. The van der Waals surface area contributed by atoms with Gasteiger partial charge in [0.05, 0.1) is 11.4 Å². The molecule has 0 fully saturated rings. The molecule has 21 heavy (non-hydrogen) atoms. The number of aromatic nitrogens is 2. The summed E-state index contributed by atoms with van der Waals surface area (Å²) in [5.74, 6) is 0. The Balaban J connectivity index is 0.000000262. The van der Waals surface area contributed by atoms with Gasteiger partial charge in [0.15, 0.2) is 0 Å². The van der Waals surface area contributed by atoms with Gasteiger partial charge in [0.1, 0.15) is 18.1 Å². The fourth-order valence-corrected chi connectivity index (χ4v) is 1.17. The molecule has 0 spiro atoms. The summed E-state index contributed by atoms with van der Waals surface area (Å²) in [6.07, 6.45) is 2.39. The molecular weight excluding hydrogens is 276 g/mol. The number of hydrogen-bond acceptors (Lipinski definition) is 7. The Hall–Kier alpha value is -2.51. The smallest absolute Gasteiger partial charge is 0.415 e. The number of amides is 1. The number of nitrogens with zero attached hydrogens (tertiary/aromatic N) is 2. The van der Waals surface area contributed by atoms with Gasteiger partial charge < -0.3 is 19.3 Å². The molecule has 8 nitrogen and oxygen atoms in total. The van der Waals surface area contributed by atoms with Crippen LogP contribution in [-0.2, 0) is 4.74 Å². The zero-order valence-electron chi connectivity index (χ0n) is 12.8. The lowest BCUT2D eigenvalue weighted by Crippen LogP contribution is -2.27. The molecule has 116 valence electrons. The van der Waals surface area contributed by atoms with Crippen LogP contribution in [-0.4, -0.2) is 21.7 Å². The van der Waals surface area contributed by atoms with Crippen LogP contribution in [0, 0.1) is 13.8 Å². The average molecular weight is 296 g/mol. The molecule has 0 bridgehead atoms. The second-order valence-electron chi connectivity index (χ2n) is 5.25. The van der Waals surface area contributed by atoms with Crippen LogP contribution in [0.5, 0.6) is 0 Å². The van der Waals surface area contributed by atoms with E-state index < -0.39 is 11.7 Å². The largest absolute Gasteiger partial charge is 0.443 e. The molecule has 0 saturated heterocycles. The number of nitrogen functional groups attached to an aromatic ring is 1. The van der Waals surface area contributed by atoms with E-state index in [-0.39, 0.29) is 12.0 Å². The first-order valence-corrected chi connectivity index (χ1v) is 6.25. The number of ether oxygens (including phenoxy) is 1. The zero-order chi connectivity index (χ0) is 16.0. The second-order valence-corrected chi connectivity index (χ2v) is 5.25. The van der Waals surface area contributed by atoms with Crippen LogP contribution < -0.4 is 11.1 Å². The Morgan fingerprint density at radius 3 is 2.10 bits per heavy atom. The van der Waals surface area contributed by atoms with Gasteiger partial charge in [-0.15, -0.1) is 0 Å². The Morgan fingerprint density at radius 2 is 1.76 bits per heavy atom. The summed E-state index contributed by atoms with van der Waals surface area (Å²) in [6.45, 7) is 8.94. The maximum absolute atomic E-state index is 11.2. The fourth-order valence-electron chi connectivity index (χ4n) is 1.17. The van der Waals surface area contributed by atoms with Gasteiger partial charge in [0.2, 0.25) is 0 Å². The van der Waals surface area contributed by atoms with Gasteiger partial charge >= 0.3 is 12.1 Å². The van der Waals surface area contributed by atoms with E-state index in [9.17, 15) is 4.79 Å². The maximum atomic E-state index is 11.2. The van der Waals surface area contributed by atoms with Gasteiger partial charge in [-0.05, 0) is 34.6 Å². The summed E-state index contributed by atoms with van der Waals surface area (Å²) in [4.78, 5) is 18.8. The first kappa shape index (κ1) is 16.5. The van der Waals surface area contributed by atoms with Crippen molar-refractivity contribution in [1.82, 2.24) is 9.97 Å². The molecule has 0 aliphatic heterocycles. The summed E-state index contributed by atoms with van der Waals surface area (Å²) >= 11 is 0. The third kappa shape index (κ3) is 7.00. The van der Waals surface area contributed by atoms with E-state index in [2.05, 4.69) is 19.7 Å². The van der Waals surface area contributed by atoms with E-state index in [1.807, 2.05) is 6.92 Å². The number of oxazole rings is 2. The van der Waals surface area contributed by atoms with Crippen LogP contribution in [0.25, 0.3) is 0 Å². The van der Waals surface area contributed by atoms with E-state index in [0.717, 1.165) is 5.69 Å². The molecule has 0 unspecified atom stereocenters. The fraction of sp³-hybridized carbons (Fsp3) is 0.462. The highest BCUT2D eigenvalue weighted by Crippen LogP contribution is 2.10. The van der Waals surface area contributed by atoms with E-state index in [4.69, 9.17) is 14.9 Å². The average Bonchev–Trinajstić information content (AvgIpc) is 2.86. The molecule has 2 aromatic rings. The van der Waals surface area contributed by atoms with E-state index in [0.29, 0.717) is 5.69 Å². The summed E-state index contributed by atoms with van der Waals surface area (Å²) in [5, 5.41) is 2.38. The molecule has 0 aliphatic rings. The van der Waals surface area contributed by atoms with Gasteiger partial charge in [-0.25, -0.2) is 10.1 Å². The molecule has 2 rings (SSSR count). The van der Waals surface area contributed by atoms with Crippen LogP contribution in [0.3, 0.4) is 0 Å². The Bertz CT molecular complexity index is 567. The first-order chi connectivity index (χ1) is 9.65. The lowest BCUT2D eigenvalue weighted by atomic mass is 10.2. The summed E-state index contributed by atoms with van der Waals surface area (Å²) in [6, 6.07) is 0.384. The molecule has 0 atom stereocenters. The number of aryl methyl sites for hydroxylation is 2. The third-order valence-corrected chi connectivity index (χ3v) is 1.86. The normalized spacial score (nSPS) is 10.5. The van der Waals surface area contributed by atoms with Crippen molar-refractivity contribution in [2.45, 2.75) is 40.2 Å². The number of nitrogens with two attached hydrogens (primary N) is 1. The molecule has 2 heterocycles. The Morgan fingerprint density at radius 1 is 1.19 bits per heavy atom. The topological polar surface area (TPSA) is 116 Å². The molecule has 1 amide bonds. The van der Waals surface area contributed by atoms with Crippen molar-refractivity contribution in [3.63, 3.8) is 0 Å². The molecular formula is C13H20N4O4. The highest BCUT2D eigenvalue weighted by atomic mass is 16.6. The minimum atomic E-state index is -0.570. The molecule has 0 aliphatic carbocycles. The van der Waals surface area contributed by atoms with Crippen molar-refractivity contribution in [3.05, 3.63) is 23.9 Å². The number of rotatable bonds is 1. The van der Waals surface area contributed by atoms with Crippen molar-refractivity contribution in [2.75, 3.05) is 11.1 Å². The van der Waals surface area contributed by atoms with Crippen LogP contribution in [0.2, 0.25) is 0 Å². The first-order valence-electron chi connectivity index (χ1n) is 6.25. The van der Waals surface area contributed by atoms with Crippen LogP contribution in [0.4, 0.5) is 16.8 Å². The number of hydrogen-bond donors (Lipinski definition) is 2. The second kappa shape index (κ2) is 6.78. The Labute approximate surface area is 122 Å². The molecule has 0 aromatic carbocycles. The molecule has 0 radical (unpaired) electrons. The zero-order valence-corrected chi connectivity index (χ0v) is 12.8. The third-order valence-electron chi connectivity index (χ3n) is 1.86. The number of nitrogens with one attached hydrogen (secondary N) is 1. The van der Waals surface area contributed by atoms with Crippen LogP contribution in [0.15, 0.2) is 21.4 Å². The van der Waals surface area contributed by atoms with Gasteiger partial charge in [0, 0.05) is 0 Å².